The molecule has 0 spiro atoms. The molecule has 1 N–H and O–H groups in total. The van der Waals surface area contributed by atoms with Gasteiger partial charge < -0.3 is 10.1 Å². The number of nitrogens with zero attached hydrogens (tertiary/aromatic N) is 2. The van der Waals surface area contributed by atoms with E-state index < -0.39 is 0 Å². The zero-order chi connectivity index (χ0) is 11.4. The van der Waals surface area contributed by atoms with Crippen LogP contribution >= 0.6 is 11.8 Å². The summed E-state index contributed by atoms with van der Waals surface area (Å²) in [5, 5.41) is 4.86. The molecule has 0 amide bonds. The van der Waals surface area contributed by atoms with E-state index in [0.29, 0.717) is 11.1 Å². The molecule has 1 aliphatic rings. The molecule has 5 heteroatoms. The van der Waals surface area contributed by atoms with Crippen molar-refractivity contribution < 1.29 is 4.74 Å². The second kappa shape index (κ2) is 5.21. The monoisotopic (exact) mass is 237 g/mol. The van der Waals surface area contributed by atoms with Crippen molar-refractivity contribution in [3.63, 3.8) is 0 Å². The molecule has 86 valence electrons. The van der Waals surface area contributed by atoms with E-state index in [4.69, 9.17) is 4.74 Å². The topological polar surface area (TPSA) is 46.5 Å². The molecule has 2 heterocycles. The van der Waals surface area contributed by atoms with Gasteiger partial charge in [0.25, 0.3) is 0 Å². The van der Waals surface area contributed by atoms with Crippen molar-refractivity contribution >= 4 is 22.6 Å². The second-order valence-corrected chi connectivity index (χ2v) is 4.80. The number of methoxy groups -OCH3 is 1. The summed E-state index contributed by atoms with van der Waals surface area (Å²) in [6.45, 7) is 3.10. The van der Waals surface area contributed by atoms with Crippen LogP contribution in [0.15, 0.2) is 23.3 Å². The number of hydrogen-bond acceptors (Lipinski definition) is 5. The van der Waals surface area contributed by atoms with Crippen molar-refractivity contribution in [1.82, 2.24) is 4.98 Å². The van der Waals surface area contributed by atoms with E-state index in [2.05, 4.69) is 22.2 Å². The molecule has 1 unspecified atom stereocenters. The van der Waals surface area contributed by atoms with Gasteiger partial charge in [-0.1, -0.05) is 18.7 Å². The van der Waals surface area contributed by atoms with Crippen molar-refractivity contribution in [2.75, 3.05) is 19.0 Å². The van der Waals surface area contributed by atoms with E-state index in [1.807, 2.05) is 12.1 Å². The Labute approximate surface area is 99.5 Å². The summed E-state index contributed by atoms with van der Waals surface area (Å²) in [5.41, 5.74) is 0.948. The largest absolute Gasteiger partial charge is 0.481 e. The third-order valence-corrected chi connectivity index (χ3v) is 3.64. The number of hydrogen-bond donors (Lipinski definition) is 1. The first-order valence-corrected chi connectivity index (χ1v) is 6.18. The molecule has 16 heavy (non-hydrogen) atoms. The number of pyridine rings is 1. The van der Waals surface area contributed by atoms with Crippen LogP contribution < -0.4 is 10.1 Å². The standard InChI is InChI=1S/C11H15N3OS/c1-3-9-7-13-11(16-9)14-8-4-5-10(15-2)12-6-8/h4-6,9H,3,7H2,1-2H3,(H,13,14). The minimum absolute atomic E-state index is 0.619. The quantitative estimate of drug-likeness (QED) is 0.876. The first-order chi connectivity index (χ1) is 7.81. The number of anilines is 1. The van der Waals surface area contributed by atoms with Gasteiger partial charge in [0.05, 0.1) is 25.5 Å². The molecule has 2 rings (SSSR count). The molecule has 1 atom stereocenters. The number of aliphatic imine (C=N–C) groups is 1. The zero-order valence-electron chi connectivity index (χ0n) is 9.43. The van der Waals surface area contributed by atoms with Gasteiger partial charge >= 0.3 is 0 Å². The van der Waals surface area contributed by atoms with E-state index in [-0.39, 0.29) is 0 Å². The number of thioether (sulfide) groups is 1. The van der Waals surface area contributed by atoms with E-state index in [0.717, 1.165) is 23.8 Å². The van der Waals surface area contributed by atoms with Crippen LogP contribution in [0.5, 0.6) is 5.88 Å². The van der Waals surface area contributed by atoms with Crippen molar-refractivity contribution in [3.8, 4) is 5.88 Å². The highest BCUT2D eigenvalue weighted by Gasteiger charge is 2.17. The number of rotatable bonds is 3. The molecule has 1 aromatic heterocycles. The number of nitrogens with one attached hydrogen (secondary N) is 1. The Morgan fingerprint density at radius 3 is 3.00 bits per heavy atom. The van der Waals surface area contributed by atoms with E-state index in [9.17, 15) is 0 Å². The maximum absolute atomic E-state index is 5.00. The Balaban J connectivity index is 1.94. The minimum atomic E-state index is 0.619. The third-order valence-electron chi connectivity index (χ3n) is 2.37. The Bertz CT molecular complexity index is 377. The van der Waals surface area contributed by atoms with Crippen molar-refractivity contribution in [2.24, 2.45) is 4.99 Å². The molecule has 4 nitrogen and oxygen atoms in total. The molecule has 0 bridgehead atoms. The van der Waals surface area contributed by atoms with Crippen LogP contribution in [0.4, 0.5) is 5.69 Å². The summed E-state index contributed by atoms with van der Waals surface area (Å²) in [5.74, 6) is 0.623. The van der Waals surface area contributed by atoms with Crippen LogP contribution in [0, 0.1) is 0 Å². The smallest absolute Gasteiger partial charge is 0.213 e. The summed E-state index contributed by atoms with van der Waals surface area (Å²) in [4.78, 5) is 8.56. The van der Waals surface area contributed by atoms with Gasteiger partial charge in [-0.25, -0.2) is 4.98 Å². The third kappa shape index (κ3) is 2.66. The lowest BCUT2D eigenvalue weighted by Gasteiger charge is -2.07. The molecule has 0 fully saturated rings. The van der Waals surface area contributed by atoms with Gasteiger partial charge in [-0.2, -0.15) is 0 Å². The molecule has 0 radical (unpaired) electrons. The van der Waals surface area contributed by atoms with Gasteiger partial charge in [0.2, 0.25) is 5.88 Å². The van der Waals surface area contributed by atoms with Gasteiger partial charge in [0.1, 0.15) is 0 Å². The summed E-state index contributed by atoms with van der Waals surface area (Å²) >= 11 is 1.80. The lowest BCUT2D eigenvalue weighted by molar-refractivity contribution is 0.398. The van der Waals surface area contributed by atoms with Crippen LogP contribution in [0.3, 0.4) is 0 Å². The highest BCUT2D eigenvalue weighted by Crippen LogP contribution is 2.24. The summed E-state index contributed by atoms with van der Waals surface area (Å²) < 4.78 is 5.00. The van der Waals surface area contributed by atoms with Gasteiger partial charge in [0.15, 0.2) is 5.17 Å². The number of ether oxygens (including phenoxy) is 1. The van der Waals surface area contributed by atoms with Crippen LogP contribution in [0.25, 0.3) is 0 Å². The van der Waals surface area contributed by atoms with Crippen LogP contribution in [0.2, 0.25) is 0 Å². The Morgan fingerprint density at radius 1 is 1.56 bits per heavy atom. The maximum Gasteiger partial charge on any atom is 0.213 e. The fourth-order valence-corrected chi connectivity index (χ4v) is 2.35. The molecule has 0 saturated heterocycles. The zero-order valence-corrected chi connectivity index (χ0v) is 10.3. The molecule has 0 aromatic carbocycles. The highest BCUT2D eigenvalue weighted by atomic mass is 32.2. The minimum Gasteiger partial charge on any atom is -0.481 e. The molecule has 0 saturated carbocycles. The van der Waals surface area contributed by atoms with Gasteiger partial charge in [-0.3, -0.25) is 4.99 Å². The molecule has 1 aromatic rings. The summed E-state index contributed by atoms with van der Waals surface area (Å²) in [6.07, 6.45) is 2.90. The van der Waals surface area contributed by atoms with E-state index in [1.165, 1.54) is 0 Å². The highest BCUT2D eigenvalue weighted by molar-refractivity contribution is 8.15. The SMILES string of the molecule is CCC1CN=C(Nc2ccc(OC)nc2)S1. The van der Waals surface area contributed by atoms with Gasteiger partial charge in [-0.05, 0) is 12.5 Å². The molecule has 0 aliphatic carbocycles. The average Bonchev–Trinajstić information content (AvgIpc) is 2.78. The molecular formula is C11H15N3OS. The number of amidine groups is 1. The van der Waals surface area contributed by atoms with Gasteiger partial charge in [-0.15, -0.1) is 0 Å². The Hall–Kier alpha value is -1.23. The lowest BCUT2D eigenvalue weighted by Crippen LogP contribution is -2.07. The Kier molecular flexibility index (Phi) is 3.66. The summed E-state index contributed by atoms with van der Waals surface area (Å²) in [7, 11) is 1.61. The van der Waals surface area contributed by atoms with Crippen LogP contribution in [0.1, 0.15) is 13.3 Å². The summed E-state index contributed by atoms with van der Waals surface area (Å²) in [6, 6.07) is 3.77. The molecular weight excluding hydrogens is 222 g/mol. The first-order valence-electron chi connectivity index (χ1n) is 5.30. The number of aromatic nitrogens is 1. The van der Waals surface area contributed by atoms with Crippen LogP contribution in [-0.4, -0.2) is 29.1 Å². The fraction of sp³-hybridized carbons (Fsp3) is 0.455. The van der Waals surface area contributed by atoms with E-state index >= 15 is 0 Å². The molecule has 1 aliphatic heterocycles. The average molecular weight is 237 g/mol. The van der Waals surface area contributed by atoms with Crippen molar-refractivity contribution in [3.05, 3.63) is 18.3 Å². The van der Waals surface area contributed by atoms with Crippen molar-refractivity contribution in [2.45, 2.75) is 18.6 Å². The predicted octanol–water partition coefficient (Wildman–Crippen LogP) is 2.38. The first kappa shape index (κ1) is 11.3. The second-order valence-electron chi connectivity index (χ2n) is 3.51. The van der Waals surface area contributed by atoms with E-state index in [1.54, 1.807) is 25.1 Å². The normalized spacial score (nSPS) is 19.4. The predicted molar refractivity (Wildman–Crippen MR) is 68.4 cm³/mol. The lowest BCUT2D eigenvalue weighted by atomic mass is 10.3. The van der Waals surface area contributed by atoms with Gasteiger partial charge in [0, 0.05) is 11.3 Å². The fourth-order valence-electron chi connectivity index (χ4n) is 1.40. The maximum atomic E-state index is 5.00. The van der Waals surface area contributed by atoms with Crippen LogP contribution in [-0.2, 0) is 0 Å². The Morgan fingerprint density at radius 2 is 2.44 bits per heavy atom. The van der Waals surface area contributed by atoms with Crippen molar-refractivity contribution in [1.29, 1.82) is 0 Å².